The van der Waals surface area contributed by atoms with Crippen LogP contribution in [0.1, 0.15) is 11.1 Å². The molecule has 0 amide bonds. The smallest absolute Gasteiger partial charge is 0.265 e. The minimum absolute atomic E-state index is 0.251. The van der Waals surface area contributed by atoms with Crippen LogP contribution >= 0.6 is 11.6 Å². The van der Waals surface area contributed by atoms with Gasteiger partial charge in [-0.3, -0.25) is 9.79 Å². The fraction of sp³-hybridized carbons (Fsp3) is 0. The number of aliphatic imine (C=N–C) groups is 1. The van der Waals surface area contributed by atoms with E-state index < -0.39 is 0 Å². The zero-order valence-corrected chi connectivity index (χ0v) is 15.8. The maximum atomic E-state index is 13.1. The first-order chi connectivity index (χ1) is 14.1. The van der Waals surface area contributed by atoms with Crippen LogP contribution in [-0.4, -0.2) is 15.9 Å². The first-order valence-corrected chi connectivity index (χ1v) is 9.14. The average molecular weight is 400 g/mol. The summed E-state index contributed by atoms with van der Waals surface area (Å²) >= 11 is 6.28. The second-order valence-corrected chi connectivity index (χ2v) is 6.70. The molecule has 4 rings (SSSR count). The van der Waals surface area contributed by atoms with Gasteiger partial charge in [-0.15, -0.1) is 0 Å². The van der Waals surface area contributed by atoms with E-state index in [1.807, 2.05) is 0 Å². The summed E-state index contributed by atoms with van der Waals surface area (Å²) in [6.07, 6.45) is 1.51. The summed E-state index contributed by atoms with van der Waals surface area (Å²) in [7, 11) is 0. The molecule has 0 saturated heterocycles. The molecule has 0 unspecified atom stereocenters. The Morgan fingerprint density at radius 1 is 0.966 bits per heavy atom. The van der Waals surface area contributed by atoms with Gasteiger partial charge in [-0.2, -0.15) is 5.26 Å². The molecule has 0 radical (unpaired) electrons. The van der Waals surface area contributed by atoms with Crippen molar-refractivity contribution in [3.8, 4) is 17.6 Å². The van der Waals surface area contributed by atoms with Crippen molar-refractivity contribution < 1.29 is 5.11 Å². The predicted molar refractivity (Wildman–Crippen MR) is 115 cm³/mol. The second-order valence-electron chi connectivity index (χ2n) is 6.29. The standard InChI is InChI=1S/C23H14ClN3O2/c24-20-7-3-4-8-21(20)27-22(28)18-6-2-1-5-17(18)19(23(27)29)14-26-16-11-9-15(13-25)10-12-16/h1-12,14,29H. The van der Waals surface area contributed by atoms with Gasteiger partial charge >= 0.3 is 0 Å². The van der Waals surface area contributed by atoms with Crippen molar-refractivity contribution in [2.45, 2.75) is 0 Å². The molecule has 6 heteroatoms. The van der Waals surface area contributed by atoms with Crippen molar-refractivity contribution in [2.75, 3.05) is 0 Å². The summed E-state index contributed by atoms with van der Waals surface area (Å²) in [5.74, 6) is -0.251. The van der Waals surface area contributed by atoms with E-state index in [1.165, 1.54) is 10.8 Å². The Hall–Kier alpha value is -3.88. The second kappa shape index (κ2) is 7.63. The van der Waals surface area contributed by atoms with Gasteiger partial charge in [0, 0.05) is 17.0 Å². The normalized spacial score (nSPS) is 11.0. The van der Waals surface area contributed by atoms with Crippen LogP contribution in [0.25, 0.3) is 16.5 Å². The van der Waals surface area contributed by atoms with Crippen molar-refractivity contribution in [3.05, 3.63) is 99.3 Å². The molecule has 0 aliphatic rings. The first kappa shape index (κ1) is 18.5. The summed E-state index contributed by atoms with van der Waals surface area (Å²) in [5, 5.41) is 21.2. The van der Waals surface area contributed by atoms with Crippen LogP contribution < -0.4 is 5.56 Å². The van der Waals surface area contributed by atoms with Crippen molar-refractivity contribution in [1.82, 2.24) is 4.57 Å². The lowest BCUT2D eigenvalue weighted by Crippen LogP contribution is -2.20. The van der Waals surface area contributed by atoms with E-state index >= 15 is 0 Å². The van der Waals surface area contributed by atoms with Gasteiger partial charge < -0.3 is 5.11 Å². The molecule has 1 aromatic heterocycles. The molecular formula is C23H14ClN3O2. The Bertz CT molecular complexity index is 1350. The number of fused-ring (bicyclic) bond motifs is 1. The molecule has 4 aromatic rings. The number of hydrogen-bond acceptors (Lipinski definition) is 4. The van der Waals surface area contributed by atoms with Crippen LogP contribution in [0.15, 0.2) is 82.6 Å². The zero-order chi connectivity index (χ0) is 20.4. The van der Waals surface area contributed by atoms with E-state index in [9.17, 15) is 9.90 Å². The lowest BCUT2D eigenvalue weighted by molar-refractivity contribution is 0.436. The predicted octanol–water partition coefficient (Wildman–Crippen LogP) is 4.97. The Labute approximate surface area is 171 Å². The Morgan fingerprint density at radius 3 is 2.31 bits per heavy atom. The van der Waals surface area contributed by atoms with Gasteiger partial charge in [0.1, 0.15) is 0 Å². The van der Waals surface area contributed by atoms with Crippen LogP contribution in [0, 0.1) is 11.3 Å². The van der Waals surface area contributed by atoms with Crippen LogP contribution in [-0.2, 0) is 0 Å². The Balaban J connectivity index is 1.96. The fourth-order valence-electron chi connectivity index (χ4n) is 3.11. The zero-order valence-electron chi connectivity index (χ0n) is 15.1. The topological polar surface area (TPSA) is 78.4 Å². The van der Waals surface area contributed by atoms with Crippen LogP contribution in [0.5, 0.6) is 5.88 Å². The van der Waals surface area contributed by atoms with E-state index in [-0.39, 0.29) is 11.4 Å². The van der Waals surface area contributed by atoms with E-state index in [4.69, 9.17) is 16.9 Å². The van der Waals surface area contributed by atoms with Gasteiger partial charge in [0.15, 0.2) is 0 Å². The molecule has 0 saturated carbocycles. The number of nitriles is 1. The third-order valence-electron chi connectivity index (χ3n) is 4.54. The Kier molecular flexibility index (Phi) is 4.86. The van der Waals surface area contributed by atoms with Crippen LogP contribution in [0.3, 0.4) is 0 Å². The largest absolute Gasteiger partial charge is 0.494 e. The molecule has 0 bridgehead atoms. The monoisotopic (exact) mass is 399 g/mol. The lowest BCUT2D eigenvalue weighted by atomic mass is 10.1. The van der Waals surface area contributed by atoms with Crippen LogP contribution in [0.4, 0.5) is 5.69 Å². The highest BCUT2D eigenvalue weighted by Crippen LogP contribution is 2.29. The maximum Gasteiger partial charge on any atom is 0.265 e. The molecule has 0 fully saturated rings. The van der Waals surface area contributed by atoms with E-state index in [0.717, 1.165) is 0 Å². The maximum absolute atomic E-state index is 13.1. The van der Waals surface area contributed by atoms with E-state index in [1.54, 1.807) is 72.8 Å². The SMILES string of the molecule is N#Cc1ccc(N=Cc2c(O)n(-c3ccccc3Cl)c(=O)c3ccccc23)cc1. The molecule has 5 nitrogen and oxygen atoms in total. The summed E-state index contributed by atoms with van der Waals surface area (Å²) in [6, 6.07) is 22.6. The number of halogens is 1. The highest BCUT2D eigenvalue weighted by Gasteiger charge is 2.17. The number of benzene rings is 3. The Morgan fingerprint density at radius 2 is 1.62 bits per heavy atom. The van der Waals surface area contributed by atoms with Gasteiger partial charge in [0.25, 0.3) is 5.56 Å². The number of rotatable bonds is 3. The van der Waals surface area contributed by atoms with Crippen molar-refractivity contribution >= 4 is 34.3 Å². The molecular weight excluding hydrogens is 386 g/mol. The van der Waals surface area contributed by atoms with Gasteiger partial charge in [0.05, 0.1) is 33.6 Å². The summed E-state index contributed by atoms with van der Waals surface area (Å²) in [6.45, 7) is 0. The molecule has 1 heterocycles. The van der Waals surface area contributed by atoms with Crippen molar-refractivity contribution in [3.63, 3.8) is 0 Å². The molecule has 0 atom stereocenters. The first-order valence-electron chi connectivity index (χ1n) is 8.76. The molecule has 0 spiro atoms. The number of nitrogens with zero attached hydrogens (tertiary/aromatic N) is 3. The highest BCUT2D eigenvalue weighted by atomic mass is 35.5. The van der Waals surface area contributed by atoms with Gasteiger partial charge in [-0.25, -0.2) is 4.57 Å². The van der Waals surface area contributed by atoms with Crippen LogP contribution in [0.2, 0.25) is 5.02 Å². The van der Waals surface area contributed by atoms with Crippen molar-refractivity contribution in [2.24, 2.45) is 4.99 Å². The van der Waals surface area contributed by atoms with Crippen molar-refractivity contribution in [1.29, 1.82) is 5.26 Å². The minimum Gasteiger partial charge on any atom is -0.494 e. The third kappa shape index (κ3) is 3.38. The third-order valence-corrected chi connectivity index (χ3v) is 4.86. The number of aromatic hydroxyl groups is 1. The number of aromatic nitrogens is 1. The van der Waals surface area contributed by atoms with Gasteiger partial charge in [-0.1, -0.05) is 41.9 Å². The fourth-order valence-corrected chi connectivity index (χ4v) is 3.33. The van der Waals surface area contributed by atoms with E-state index in [0.29, 0.717) is 38.3 Å². The highest BCUT2D eigenvalue weighted by molar-refractivity contribution is 6.32. The quantitative estimate of drug-likeness (QED) is 0.494. The lowest BCUT2D eigenvalue weighted by Gasteiger charge is -2.14. The molecule has 140 valence electrons. The summed E-state index contributed by atoms with van der Waals surface area (Å²) in [5.41, 5.74) is 1.55. The van der Waals surface area contributed by atoms with Gasteiger partial charge in [-0.05, 0) is 42.5 Å². The summed E-state index contributed by atoms with van der Waals surface area (Å²) in [4.78, 5) is 17.5. The van der Waals surface area contributed by atoms with E-state index in [2.05, 4.69) is 11.1 Å². The molecule has 29 heavy (non-hydrogen) atoms. The number of pyridine rings is 1. The molecule has 3 aromatic carbocycles. The molecule has 0 aliphatic heterocycles. The minimum atomic E-state index is -0.373. The molecule has 0 aliphatic carbocycles. The average Bonchev–Trinajstić information content (AvgIpc) is 2.75. The number of para-hydroxylation sites is 1. The molecule has 1 N–H and O–H groups in total. The summed E-state index contributed by atoms with van der Waals surface area (Å²) < 4.78 is 1.19. The van der Waals surface area contributed by atoms with Gasteiger partial charge in [0.2, 0.25) is 5.88 Å². The number of hydrogen-bond donors (Lipinski definition) is 1.